The van der Waals surface area contributed by atoms with Crippen LogP contribution < -0.4 is 11.1 Å². The fourth-order valence-corrected chi connectivity index (χ4v) is 1.63. The lowest BCUT2D eigenvalue weighted by atomic mass is 10.0. The third-order valence-corrected chi connectivity index (χ3v) is 2.90. The molecule has 0 aromatic carbocycles. The molecule has 1 aliphatic heterocycles. The molecule has 1 rings (SSSR count). The molecule has 0 radical (unpaired) electrons. The van der Waals surface area contributed by atoms with Gasteiger partial charge in [-0.15, -0.1) is 0 Å². The molecule has 1 amide bonds. The number of amides is 1. The van der Waals surface area contributed by atoms with Crippen LogP contribution in [0, 0.1) is 11.8 Å². The Morgan fingerprint density at radius 3 is 2.87 bits per heavy atom. The van der Waals surface area contributed by atoms with Crippen molar-refractivity contribution < 1.29 is 9.53 Å². The molecule has 0 aromatic rings. The Hall–Kier alpha value is -0.610. The van der Waals surface area contributed by atoms with Gasteiger partial charge in [-0.3, -0.25) is 4.79 Å². The fraction of sp³-hybridized carbons (Fsp3) is 0.909. The Morgan fingerprint density at radius 1 is 1.60 bits per heavy atom. The van der Waals surface area contributed by atoms with Crippen LogP contribution in [0.5, 0.6) is 0 Å². The number of rotatable bonds is 5. The Balaban J connectivity index is 2.11. The average Bonchev–Trinajstić information content (AvgIpc) is 2.69. The normalized spacial score (nSPS) is 23.1. The van der Waals surface area contributed by atoms with E-state index in [4.69, 9.17) is 10.5 Å². The molecule has 1 saturated heterocycles. The van der Waals surface area contributed by atoms with Crippen molar-refractivity contribution in [1.29, 1.82) is 0 Å². The Labute approximate surface area is 91.5 Å². The van der Waals surface area contributed by atoms with E-state index in [1.54, 1.807) is 0 Å². The molecule has 88 valence electrons. The van der Waals surface area contributed by atoms with E-state index in [0.717, 1.165) is 26.1 Å². The van der Waals surface area contributed by atoms with Gasteiger partial charge in [0.1, 0.15) is 0 Å². The standard InChI is InChI=1S/C11H22N2O2/c1-8(2)10(12)11(14)13-5-3-9-4-6-15-7-9/h8-10H,3-7,12H2,1-2H3,(H,13,14)/t9?,10-/m0/s1. The van der Waals surface area contributed by atoms with Gasteiger partial charge in [-0.1, -0.05) is 13.8 Å². The van der Waals surface area contributed by atoms with Crippen LogP contribution in [0.2, 0.25) is 0 Å². The summed E-state index contributed by atoms with van der Waals surface area (Å²) >= 11 is 0. The molecule has 1 aliphatic rings. The summed E-state index contributed by atoms with van der Waals surface area (Å²) in [6.45, 7) is 6.33. The van der Waals surface area contributed by atoms with Crippen LogP contribution in [0.25, 0.3) is 0 Å². The van der Waals surface area contributed by atoms with Gasteiger partial charge in [0.25, 0.3) is 0 Å². The van der Waals surface area contributed by atoms with Gasteiger partial charge in [-0.25, -0.2) is 0 Å². The highest BCUT2D eigenvalue weighted by atomic mass is 16.5. The lowest BCUT2D eigenvalue weighted by molar-refractivity contribution is -0.123. The first-order chi connectivity index (χ1) is 7.11. The van der Waals surface area contributed by atoms with E-state index in [9.17, 15) is 4.79 Å². The summed E-state index contributed by atoms with van der Waals surface area (Å²) in [5.41, 5.74) is 5.72. The summed E-state index contributed by atoms with van der Waals surface area (Å²) in [6.07, 6.45) is 2.11. The molecule has 0 saturated carbocycles. The van der Waals surface area contributed by atoms with Crippen molar-refractivity contribution in [2.24, 2.45) is 17.6 Å². The molecule has 0 spiro atoms. The predicted octanol–water partition coefficient (Wildman–Crippen LogP) is 0.513. The first-order valence-electron chi connectivity index (χ1n) is 5.72. The zero-order valence-corrected chi connectivity index (χ0v) is 9.66. The molecule has 1 fully saturated rings. The number of carbonyl (C=O) groups is 1. The van der Waals surface area contributed by atoms with Gasteiger partial charge in [0.15, 0.2) is 0 Å². The summed E-state index contributed by atoms with van der Waals surface area (Å²) in [4.78, 5) is 11.5. The smallest absolute Gasteiger partial charge is 0.237 e. The SMILES string of the molecule is CC(C)[C@H](N)C(=O)NCCC1CCOC1. The molecule has 0 aromatic heterocycles. The van der Waals surface area contributed by atoms with Crippen LogP contribution in [0.3, 0.4) is 0 Å². The molecule has 1 unspecified atom stereocenters. The highest BCUT2D eigenvalue weighted by Gasteiger charge is 2.18. The van der Waals surface area contributed by atoms with Crippen molar-refractivity contribution in [3.8, 4) is 0 Å². The summed E-state index contributed by atoms with van der Waals surface area (Å²) in [7, 11) is 0. The molecular formula is C11H22N2O2. The van der Waals surface area contributed by atoms with Gasteiger partial charge in [0, 0.05) is 19.8 Å². The summed E-state index contributed by atoms with van der Waals surface area (Å²) in [5, 5.41) is 2.87. The lowest BCUT2D eigenvalue weighted by Crippen LogP contribution is -2.44. The molecule has 4 heteroatoms. The maximum atomic E-state index is 11.5. The van der Waals surface area contributed by atoms with Crippen molar-refractivity contribution >= 4 is 5.91 Å². The van der Waals surface area contributed by atoms with E-state index in [-0.39, 0.29) is 17.9 Å². The Bertz CT molecular complexity index is 201. The molecule has 0 aliphatic carbocycles. The Kier molecular flexibility index (Phi) is 5.05. The lowest BCUT2D eigenvalue weighted by Gasteiger charge is -2.16. The molecular weight excluding hydrogens is 192 g/mol. The van der Waals surface area contributed by atoms with Crippen LogP contribution in [0.15, 0.2) is 0 Å². The number of nitrogens with two attached hydrogens (primary N) is 1. The molecule has 1 heterocycles. The molecule has 0 bridgehead atoms. The largest absolute Gasteiger partial charge is 0.381 e. The van der Waals surface area contributed by atoms with E-state index in [1.807, 2.05) is 13.8 Å². The van der Waals surface area contributed by atoms with Crippen molar-refractivity contribution in [2.75, 3.05) is 19.8 Å². The highest BCUT2D eigenvalue weighted by molar-refractivity contribution is 5.81. The summed E-state index contributed by atoms with van der Waals surface area (Å²) in [5.74, 6) is 0.768. The van der Waals surface area contributed by atoms with Crippen LogP contribution in [0.1, 0.15) is 26.7 Å². The van der Waals surface area contributed by atoms with Gasteiger partial charge >= 0.3 is 0 Å². The second kappa shape index (κ2) is 6.08. The van der Waals surface area contributed by atoms with Crippen LogP contribution >= 0.6 is 0 Å². The van der Waals surface area contributed by atoms with Gasteiger partial charge in [0.05, 0.1) is 6.04 Å². The van der Waals surface area contributed by atoms with Crippen LogP contribution in [-0.2, 0) is 9.53 Å². The number of hydrogen-bond donors (Lipinski definition) is 2. The van der Waals surface area contributed by atoms with Crippen LogP contribution in [0.4, 0.5) is 0 Å². The topological polar surface area (TPSA) is 64.4 Å². The number of hydrogen-bond acceptors (Lipinski definition) is 3. The van der Waals surface area contributed by atoms with Gasteiger partial charge in [-0.2, -0.15) is 0 Å². The third kappa shape index (κ3) is 4.18. The van der Waals surface area contributed by atoms with E-state index in [0.29, 0.717) is 12.5 Å². The number of ether oxygens (including phenoxy) is 1. The number of carbonyl (C=O) groups excluding carboxylic acids is 1. The van der Waals surface area contributed by atoms with Gasteiger partial charge in [-0.05, 0) is 24.7 Å². The number of nitrogens with one attached hydrogen (secondary N) is 1. The van der Waals surface area contributed by atoms with Gasteiger partial charge < -0.3 is 15.8 Å². The molecule has 2 atom stereocenters. The first-order valence-corrected chi connectivity index (χ1v) is 5.72. The third-order valence-electron chi connectivity index (χ3n) is 2.90. The van der Waals surface area contributed by atoms with Crippen LogP contribution in [-0.4, -0.2) is 31.7 Å². The monoisotopic (exact) mass is 214 g/mol. The maximum absolute atomic E-state index is 11.5. The van der Waals surface area contributed by atoms with Crippen molar-refractivity contribution in [1.82, 2.24) is 5.32 Å². The summed E-state index contributed by atoms with van der Waals surface area (Å²) < 4.78 is 5.26. The molecule has 4 nitrogen and oxygen atoms in total. The minimum atomic E-state index is -0.384. The zero-order chi connectivity index (χ0) is 11.3. The molecule has 15 heavy (non-hydrogen) atoms. The van der Waals surface area contributed by atoms with Crippen molar-refractivity contribution in [2.45, 2.75) is 32.7 Å². The van der Waals surface area contributed by atoms with Crippen molar-refractivity contribution in [3.63, 3.8) is 0 Å². The van der Waals surface area contributed by atoms with E-state index in [1.165, 1.54) is 0 Å². The quantitative estimate of drug-likeness (QED) is 0.701. The van der Waals surface area contributed by atoms with E-state index < -0.39 is 0 Å². The first kappa shape index (κ1) is 12.5. The second-order valence-electron chi connectivity index (χ2n) is 4.58. The predicted molar refractivity (Wildman–Crippen MR) is 59.4 cm³/mol. The van der Waals surface area contributed by atoms with E-state index in [2.05, 4.69) is 5.32 Å². The maximum Gasteiger partial charge on any atom is 0.237 e. The minimum absolute atomic E-state index is 0.0380. The molecule has 3 N–H and O–H groups in total. The Morgan fingerprint density at radius 2 is 2.33 bits per heavy atom. The highest BCUT2D eigenvalue weighted by Crippen LogP contribution is 2.15. The van der Waals surface area contributed by atoms with Crippen molar-refractivity contribution in [3.05, 3.63) is 0 Å². The van der Waals surface area contributed by atoms with E-state index >= 15 is 0 Å². The minimum Gasteiger partial charge on any atom is -0.381 e. The summed E-state index contributed by atoms with van der Waals surface area (Å²) in [6, 6.07) is -0.384. The van der Waals surface area contributed by atoms with Gasteiger partial charge in [0.2, 0.25) is 5.91 Å². The average molecular weight is 214 g/mol. The zero-order valence-electron chi connectivity index (χ0n) is 9.66. The fourth-order valence-electron chi connectivity index (χ4n) is 1.63. The second-order valence-corrected chi connectivity index (χ2v) is 4.58.